The van der Waals surface area contributed by atoms with Crippen LogP contribution in [0.1, 0.15) is 11.4 Å². The summed E-state index contributed by atoms with van der Waals surface area (Å²) in [6.45, 7) is 3.82. The van der Waals surface area contributed by atoms with Gasteiger partial charge in [-0.2, -0.15) is 0 Å². The lowest BCUT2D eigenvalue weighted by atomic mass is 10.2. The smallest absolute Gasteiger partial charge is 0.244 e. The number of para-hydroxylation sites is 1. The third kappa shape index (κ3) is 4.39. The van der Waals surface area contributed by atoms with Crippen molar-refractivity contribution in [1.29, 1.82) is 0 Å². The second-order valence-electron chi connectivity index (χ2n) is 6.18. The lowest BCUT2D eigenvalue weighted by Crippen LogP contribution is -2.23. The van der Waals surface area contributed by atoms with E-state index in [-0.39, 0.29) is 17.9 Å². The van der Waals surface area contributed by atoms with Crippen LogP contribution in [0.15, 0.2) is 71.5 Å². The molecule has 0 aliphatic heterocycles. The quantitative estimate of drug-likeness (QED) is 0.737. The van der Waals surface area contributed by atoms with Gasteiger partial charge in [0, 0.05) is 40.6 Å². The number of hydrogen-bond donors (Lipinski definition) is 2. The zero-order chi connectivity index (χ0) is 18.5. The van der Waals surface area contributed by atoms with Crippen LogP contribution in [0.3, 0.4) is 0 Å². The topological polar surface area (TPSA) is 63.1 Å². The number of nitrogens with zero attached hydrogens (tertiary/aromatic N) is 1. The molecule has 1 heterocycles. The molecule has 3 aromatic rings. The summed E-state index contributed by atoms with van der Waals surface area (Å²) >= 11 is 0. The van der Waals surface area contributed by atoms with E-state index in [1.165, 1.54) is 12.1 Å². The highest BCUT2D eigenvalue weighted by molar-refractivity contribution is 5.90. The van der Waals surface area contributed by atoms with Crippen LogP contribution in [-0.4, -0.2) is 10.5 Å². The Balaban J connectivity index is 1.64. The van der Waals surface area contributed by atoms with Crippen LogP contribution in [-0.2, 0) is 11.3 Å². The van der Waals surface area contributed by atoms with E-state index in [1.807, 2.05) is 73.0 Å². The van der Waals surface area contributed by atoms with E-state index in [2.05, 4.69) is 10.6 Å². The van der Waals surface area contributed by atoms with E-state index in [4.69, 9.17) is 0 Å². The fourth-order valence-electron chi connectivity index (χ4n) is 2.81. The van der Waals surface area contributed by atoms with Gasteiger partial charge in [0.2, 0.25) is 5.91 Å². The van der Waals surface area contributed by atoms with Gasteiger partial charge in [-0.1, -0.05) is 18.2 Å². The van der Waals surface area contributed by atoms with Crippen molar-refractivity contribution < 1.29 is 4.79 Å². The number of aryl methyl sites for hydroxylation is 2. The first-order valence-electron chi connectivity index (χ1n) is 8.41. The van der Waals surface area contributed by atoms with E-state index in [0.29, 0.717) is 0 Å². The van der Waals surface area contributed by atoms with Gasteiger partial charge in [0.25, 0.3) is 0 Å². The maximum atomic E-state index is 12.3. The molecule has 5 heteroatoms. The molecule has 0 fully saturated rings. The van der Waals surface area contributed by atoms with E-state index >= 15 is 0 Å². The molecule has 5 nitrogen and oxygen atoms in total. The van der Waals surface area contributed by atoms with Crippen LogP contribution in [0.2, 0.25) is 0 Å². The monoisotopic (exact) mass is 347 g/mol. The Morgan fingerprint density at radius 3 is 2.00 bits per heavy atom. The van der Waals surface area contributed by atoms with E-state index in [9.17, 15) is 9.59 Å². The standard InChI is InChI=1S/C21H21N3O2/c1-15-12-20(25)13-16(2)24(15)14-21(26)23-19-10-8-18(9-11-19)22-17-6-4-3-5-7-17/h3-13,22H,14H2,1-2H3,(H,23,26). The summed E-state index contributed by atoms with van der Waals surface area (Å²) < 4.78 is 1.82. The van der Waals surface area contributed by atoms with Gasteiger partial charge in [-0.15, -0.1) is 0 Å². The molecular formula is C21H21N3O2. The fraction of sp³-hybridized carbons (Fsp3) is 0.143. The van der Waals surface area contributed by atoms with Gasteiger partial charge in [0.05, 0.1) is 0 Å². The highest BCUT2D eigenvalue weighted by atomic mass is 16.2. The molecule has 3 rings (SSSR count). The third-order valence-corrected chi connectivity index (χ3v) is 4.09. The number of amides is 1. The minimum Gasteiger partial charge on any atom is -0.356 e. The average molecular weight is 347 g/mol. The molecule has 132 valence electrons. The number of carbonyl (C=O) groups excluding carboxylic acids is 1. The molecule has 0 unspecified atom stereocenters. The molecule has 0 atom stereocenters. The molecule has 26 heavy (non-hydrogen) atoms. The van der Waals surface area contributed by atoms with E-state index in [0.717, 1.165) is 28.5 Å². The maximum Gasteiger partial charge on any atom is 0.244 e. The van der Waals surface area contributed by atoms with Crippen LogP contribution in [0.4, 0.5) is 17.1 Å². The first-order chi connectivity index (χ1) is 12.5. The number of hydrogen-bond acceptors (Lipinski definition) is 3. The summed E-state index contributed by atoms with van der Waals surface area (Å²) in [6.07, 6.45) is 0. The SMILES string of the molecule is Cc1cc(=O)cc(C)n1CC(=O)Nc1ccc(Nc2ccccc2)cc1. The molecule has 2 N–H and O–H groups in total. The van der Waals surface area contributed by atoms with Gasteiger partial charge >= 0.3 is 0 Å². The number of aromatic nitrogens is 1. The number of anilines is 3. The number of benzene rings is 2. The predicted molar refractivity (Wildman–Crippen MR) is 105 cm³/mol. The molecule has 0 saturated carbocycles. The second-order valence-corrected chi connectivity index (χ2v) is 6.18. The Bertz CT molecular complexity index is 935. The molecule has 1 aromatic heterocycles. The van der Waals surface area contributed by atoms with Gasteiger partial charge in [0.1, 0.15) is 6.54 Å². The summed E-state index contributed by atoms with van der Waals surface area (Å²) in [4.78, 5) is 23.8. The Morgan fingerprint density at radius 1 is 0.846 bits per heavy atom. The van der Waals surface area contributed by atoms with Crippen molar-refractivity contribution in [1.82, 2.24) is 4.57 Å². The van der Waals surface area contributed by atoms with Crippen molar-refractivity contribution in [2.75, 3.05) is 10.6 Å². The molecule has 0 aliphatic carbocycles. The van der Waals surface area contributed by atoms with Gasteiger partial charge in [-0.3, -0.25) is 9.59 Å². The summed E-state index contributed by atoms with van der Waals surface area (Å²) in [6, 6.07) is 20.5. The zero-order valence-corrected chi connectivity index (χ0v) is 14.8. The minimum atomic E-state index is -0.136. The Morgan fingerprint density at radius 2 is 1.38 bits per heavy atom. The summed E-state index contributed by atoms with van der Waals surface area (Å²) in [7, 11) is 0. The molecule has 0 spiro atoms. The zero-order valence-electron chi connectivity index (χ0n) is 14.8. The normalized spacial score (nSPS) is 10.4. The van der Waals surface area contributed by atoms with Crippen LogP contribution in [0.25, 0.3) is 0 Å². The summed E-state index contributed by atoms with van der Waals surface area (Å²) in [5.74, 6) is -0.136. The first kappa shape index (κ1) is 17.5. The Labute approximate surface area is 152 Å². The molecule has 1 amide bonds. The minimum absolute atomic E-state index is 0.0434. The van der Waals surface area contributed by atoms with E-state index in [1.54, 1.807) is 0 Å². The summed E-state index contributed by atoms with van der Waals surface area (Å²) in [5, 5.41) is 6.18. The van der Waals surface area contributed by atoms with Crippen LogP contribution >= 0.6 is 0 Å². The lowest BCUT2D eigenvalue weighted by Gasteiger charge is -2.14. The van der Waals surface area contributed by atoms with Crippen molar-refractivity contribution >= 4 is 23.0 Å². The van der Waals surface area contributed by atoms with Gasteiger partial charge in [-0.25, -0.2) is 0 Å². The molecule has 2 aromatic carbocycles. The predicted octanol–water partition coefficient (Wildman–Crippen LogP) is 3.85. The number of pyridine rings is 1. The van der Waals surface area contributed by atoms with Gasteiger partial charge in [0.15, 0.2) is 5.43 Å². The molecule has 0 radical (unpaired) electrons. The largest absolute Gasteiger partial charge is 0.356 e. The highest BCUT2D eigenvalue weighted by Crippen LogP contribution is 2.18. The van der Waals surface area contributed by atoms with Crippen molar-refractivity contribution in [3.8, 4) is 0 Å². The first-order valence-corrected chi connectivity index (χ1v) is 8.41. The van der Waals surface area contributed by atoms with Crippen molar-refractivity contribution in [3.05, 3.63) is 88.3 Å². The highest BCUT2D eigenvalue weighted by Gasteiger charge is 2.08. The second kappa shape index (κ2) is 7.70. The number of rotatable bonds is 5. The van der Waals surface area contributed by atoms with Crippen LogP contribution < -0.4 is 16.1 Å². The third-order valence-electron chi connectivity index (χ3n) is 4.09. The fourth-order valence-corrected chi connectivity index (χ4v) is 2.81. The van der Waals surface area contributed by atoms with Crippen LogP contribution in [0.5, 0.6) is 0 Å². The van der Waals surface area contributed by atoms with Crippen molar-refractivity contribution in [2.24, 2.45) is 0 Å². The molecular weight excluding hydrogens is 326 g/mol. The molecule has 0 aliphatic rings. The summed E-state index contributed by atoms with van der Waals surface area (Å²) in [5.41, 5.74) is 4.18. The number of nitrogens with one attached hydrogen (secondary N) is 2. The Kier molecular flexibility index (Phi) is 5.17. The van der Waals surface area contributed by atoms with E-state index < -0.39 is 0 Å². The molecule has 0 saturated heterocycles. The van der Waals surface area contributed by atoms with Crippen molar-refractivity contribution in [3.63, 3.8) is 0 Å². The van der Waals surface area contributed by atoms with Gasteiger partial charge < -0.3 is 15.2 Å². The van der Waals surface area contributed by atoms with Gasteiger partial charge in [-0.05, 0) is 50.2 Å². The maximum absolute atomic E-state index is 12.3. The van der Waals surface area contributed by atoms with Crippen LogP contribution in [0, 0.1) is 13.8 Å². The average Bonchev–Trinajstić information content (AvgIpc) is 2.61. The Hall–Kier alpha value is -3.34. The molecule has 0 bridgehead atoms. The van der Waals surface area contributed by atoms with Crippen molar-refractivity contribution in [2.45, 2.75) is 20.4 Å². The lowest BCUT2D eigenvalue weighted by molar-refractivity contribution is -0.116. The number of carbonyl (C=O) groups is 1.